The van der Waals surface area contributed by atoms with Crippen molar-refractivity contribution < 1.29 is 9.32 Å². The van der Waals surface area contributed by atoms with Crippen molar-refractivity contribution in [1.29, 1.82) is 0 Å². The van der Waals surface area contributed by atoms with Crippen LogP contribution in [0.3, 0.4) is 0 Å². The zero-order chi connectivity index (χ0) is 17.9. The van der Waals surface area contributed by atoms with Crippen LogP contribution in [0, 0.1) is 6.92 Å². The number of carbonyl (C=O) groups is 1. The molecule has 0 radical (unpaired) electrons. The highest BCUT2D eigenvalue weighted by atomic mass is 32.1. The fraction of sp³-hybridized carbons (Fsp3) is 0.353. The summed E-state index contributed by atoms with van der Waals surface area (Å²) in [6, 6.07) is 9.76. The minimum atomic E-state index is -0.0115. The van der Waals surface area contributed by atoms with Crippen molar-refractivity contribution in [1.82, 2.24) is 25.7 Å². The maximum absolute atomic E-state index is 12.1. The first-order valence-corrected chi connectivity index (χ1v) is 9.21. The molecule has 0 unspecified atom stereocenters. The maximum atomic E-state index is 12.1. The highest BCUT2D eigenvalue weighted by molar-refractivity contribution is 7.15. The van der Waals surface area contributed by atoms with Gasteiger partial charge in [-0.15, -0.1) is 10.2 Å². The number of rotatable bonds is 6. The summed E-state index contributed by atoms with van der Waals surface area (Å²) in [6.45, 7) is 3.46. The van der Waals surface area contributed by atoms with E-state index >= 15 is 0 Å². The van der Waals surface area contributed by atoms with Gasteiger partial charge in [-0.1, -0.05) is 46.8 Å². The third-order valence-electron chi connectivity index (χ3n) is 4.10. The molecule has 1 saturated heterocycles. The number of carbonyl (C=O) groups excluding carboxylic acids is 1. The van der Waals surface area contributed by atoms with E-state index in [1.807, 2.05) is 37.3 Å². The average Bonchev–Trinajstić information content (AvgIpc) is 3.26. The van der Waals surface area contributed by atoms with Gasteiger partial charge in [-0.3, -0.25) is 4.79 Å². The Morgan fingerprint density at radius 3 is 2.85 bits per heavy atom. The molecular weight excluding hydrogens is 352 g/mol. The van der Waals surface area contributed by atoms with Crippen LogP contribution in [0.1, 0.15) is 17.3 Å². The molecule has 0 bridgehead atoms. The van der Waals surface area contributed by atoms with Crippen molar-refractivity contribution in [3.05, 3.63) is 41.2 Å². The first-order chi connectivity index (χ1) is 12.7. The zero-order valence-corrected chi connectivity index (χ0v) is 15.1. The molecule has 26 heavy (non-hydrogen) atoms. The highest BCUT2D eigenvalue weighted by Gasteiger charge is 2.30. The summed E-state index contributed by atoms with van der Waals surface area (Å²) in [5.74, 6) is 1.00. The van der Waals surface area contributed by atoms with E-state index in [1.54, 1.807) is 11.3 Å². The molecule has 4 rings (SSSR count). The summed E-state index contributed by atoms with van der Waals surface area (Å²) in [5.41, 5.74) is 0.897. The Morgan fingerprint density at radius 2 is 2.12 bits per heavy atom. The Bertz CT molecular complexity index is 888. The second-order valence-electron chi connectivity index (χ2n) is 6.15. The van der Waals surface area contributed by atoms with Gasteiger partial charge in [0, 0.05) is 31.5 Å². The van der Waals surface area contributed by atoms with Crippen LogP contribution in [0.5, 0.6) is 0 Å². The van der Waals surface area contributed by atoms with Gasteiger partial charge in [-0.2, -0.15) is 4.98 Å². The lowest BCUT2D eigenvalue weighted by Gasteiger charge is -2.39. The lowest BCUT2D eigenvalue weighted by Crippen LogP contribution is -2.59. The molecule has 1 aliphatic rings. The molecule has 3 aromatic rings. The van der Waals surface area contributed by atoms with E-state index in [0.717, 1.165) is 28.8 Å². The first kappa shape index (κ1) is 16.6. The molecule has 9 heteroatoms. The lowest BCUT2D eigenvalue weighted by molar-refractivity contribution is -0.122. The van der Waals surface area contributed by atoms with Crippen molar-refractivity contribution in [2.75, 3.05) is 18.0 Å². The second-order valence-corrected chi connectivity index (χ2v) is 7.31. The largest absolute Gasteiger partial charge is 0.350 e. The van der Waals surface area contributed by atoms with Crippen molar-refractivity contribution >= 4 is 22.4 Å². The number of benzene rings is 1. The van der Waals surface area contributed by atoms with E-state index in [9.17, 15) is 4.79 Å². The number of hydrogen-bond donors (Lipinski definition) is 1. The molecule has 0 atom stereocenters. The highest BCUT2D eigenvalue weighted by Crippen LogP contribution is 2.24. The quantitative estimate of drug-likeness (QED) is 0.707. The van der Waals surface area contributed by atoms with Crippen LogP contribution >= 0.6 is 11.3 Å². The van der Waals surface area contributed by atoms with Crippen LogP contribution in [-0.2, 0) is 11.2 Å². The minimum Gasteiger partial charge on any atom is -0.350 e. The van der Waals surface area contributed by atoms with Crippen molar-refractivity contribution in [3.63, 3.8) is 0 Å². The fourth-order valence-electron chi connectivity index (χ4n) is 2.72. The topological polar surface area (TPSA) is 97.0 Å². The molecule has 0 spiro atoms. The summed E-state index contributed by atoms with van der Waals surface area (Å²) in [5, 5.41) is 17.0. The molecule has 1 N–H and O–H groups in total. The molecular formula is C17H18N6O2S. The number of aromatic nitrogens is 4. The molecule has 3 heterocycles. The van der Waals surface area contributed by atoms with E-state index in [1.165, 1.54) is 0 Å². The molecule has 1 aliphatic heterocycles. The Balaban J connectivity index is 1.22. The zero-order valence-electron chi connectivity index (χ0n) is 14.3. The smallest absolute Gasteiger partial charge is 0.227 e. The molecule has 0 saturated carbocycles. The maximum Gasteiger partial charge on any atom is 0.227 e. The summed E-state index contributed by atoms with van der Waals surface area (Å²) < 4.78 is 5.23. The Labute approximate surface area is 154 Å². The predicted molar refractivity (Wildman–Crippen MR) is 96.8 cm³/mol. The van der Waals surface area contributed by atoms with Crippen LogP contribution in [0.25, 0.3) is 11.4 Å². The molecule has 1 fully saturated rings. The van der Waals surface area contributed by atoms with Gasteiger partial charge < -0.3 is 14.7 Å². The van der Waals surface area contributed by atoms with Crippen molar-refractivity contribution in [2.24, 2.45) is 0 Å². The van der Waals surface area contributed by atoms with Crippen molar-refractivity contribution in [3.8, 4) is 11.4 Å². The van der Waals surface area contributed by atoms with Gasteiger partial charge in [0.25, 0.3) is 0 Å². The van der Waals surface area contributed by atoms with Gasteiger partial charge in [0.05, 0.1) is 6.04 Å². The molecule has 8 nitrogen and oxygen atoms in total. The number of anilines is 1. The van der Waals surface area contributed by atoms with Crippen LogP contribution in [0.4, 0.5) is 5.13 Å². The van der Waals surface area contributed by atoms with Gasteiger partial charge >= 0.3 is 0 Å². The number of hydrogen-bond acceptors (Lipinski definition) is 8. The molecule has 134 valence electrons. The molecule has 0 aliphatic carbocycles. The fourth-order valence-corrected chi connectivity index (χ4v) is 3.43. The van der Waals surface area contributed by atoms with Crippen molar-refractivity contribution in [2.45, 2.75) is 25.8 Å². The monoisotopic (exact) mass is 370 g/mol. The predicted octanol–water partition coefficient (Wildman–Crippen LogP) is 1.83. The normalized spacial score (nSPS) is 14.3. The standard InChI is InChI=1S/C17H18N6O2S/c1-11-20-21-17(26-11)23-9-13(10-23)18-14(24)7-8-15-19-16(22-25-15)12-5-3-2-4-6-12/h2-6,13H,7-10H2,1H3,(H,18,24). The Hall–Kier alpha value is -2.81. The Morgan fingerprint density at radius 1 is 1.31 bits per heavy atom. The number of aryl methyl sites for hydroxylation is 2. The number of amides is 1. The van der Waals surface area contributed by atoms with Gasteiger partial charge in [-0.05, 0) is 6.92 Å². The van der Waals surface area contributed by atoms with Crippen LogP contribution in [0.2, 0.25) is 0 Å². The molecule has 1 amide bonds. The first-order valence-electron chi connectivity index (χ1n) is 8.40. The van der Waals surface area contributed by atoms with E-state index in [2.05, 4.69) is 30.6 Å². The van der Waals surface area contributed by atoms with Crippen LogP contribution in [0.15, 0.2) is 34.9 Å². The second kappa shape index (κ2) is 7.20. The number of nitrogens with one attached hydrogen (secondary N) is 1. The van der Waals surface area contributed by atoms with Gasteiger partial charge in [0.1, 0.15) is 5.01 Å². The van der Waals surface area contributed by atoms with E-state index in [-0.39, 0.29) is 11.9 Å². The third-order valence-corrected chi connectivity index (χ3v) is 5.00. The third kappa shape index (κ3) is 3.72. The number of nitrogens with zero attached hydrogens (tertiary/aromatic N) is 5. The van der Waals surface area contributed by atoms with Gasteiger partial charge in [0.15, 0.2) is 0 Å². The SMILES string of the molecule is Cc1nnc(N2CC(NC(=O)CCc3nc(-c4ccccc4)no3)C2)s1. The van der Waals surface area contributed by atoms with E-state index in [0.29, 0.717) is 24.6 Å². The molecule has 2 aromatic heterocycles. The summed E-state index contributed by atoms with van der Waals surface area (Å²) in [6.07, 6.45) is 0.753. The lowest BCUT2D eigenvalue weighted by atomic mass is 10.1. The van der Waals surface area contributed by atoms with Crippen LogP contribution in [-0.4, -0.2) is 45.4 Å². The summed E-state index contributed by atoms with van der Waals surface area (Å²) >= 11 is 1.56. The summed E-state index contributed by atoms with van der Waals surface area (Å²) in [4.78, 5) is 18.5. The van der Waals surface area contributed by atoms with E-state index < -0.39 is 0 Å². The minimum absolute atomic E-state index is 0.0115. The van der Waals surface area contributed by atoms with E-state index in [4.69, 9.17) is 4.52 Å². The van der Waals surface area contributed by atoms with Crippen LogP contribution < -0.4 is 10.2 Å². The molecule has 1 aromatic carbocycles. The Kier molecular flexibility index (Phi) is 4.61. The van der Waals surface area contributed by atoms with Gasteiger partial charge in [-0.25, -0.2) is 0 Å². The summed E-state index contributed by atoms with van der Waals surface area (Å²) in [7, 11) is 0. The van der Waals surface area contributed by atoms with Gasteiger partial charge in [0.2, 0.25) is 22.8 Å². The average molecular weight is 370 g/mol.